The quantitative estimate of drug-likeness (QED) is 0.0398. The molecule has 0 aromatic carbocycles. The minimum atomic E-state index is -0.510. The van der Waals surface area contributed by atoms with E-state index in [1.165, 1.54) is 89.9 Å². The zero-order chi connectivity index (χ0) is 34.6. The minimum Gasteiger partial charge on any atom is -0.434 e. The molecule has 0 radical (unpaired) electrons. The molecule has 0 aliphatic rings. The Balaban J connectivity index is 4.14. The first-order valence-corrected chi connectivity index (χ1v) is 20.0. The van der Waals surface area contributed by atoms with Gasteiger partial charge in [-0.3, -0.25) is 0 Å². The third kappa shape index (κ3) is 35.8. The number of hydrogen-bond acceptors (Lipinski definition) is 6. The van der Waals surface area contributed by atoms with E-state index in [0.29, 0.717) is 6.61 Å². The molecule has 0 fully saturated rings. The van der Waals surface area contributed by atoms with Gasteiger partial charge in [0.05, 0.1) is 18.8 Å². The number of nitrogens with zero attached hydrogens (tertiary/aromatic N) is 1. The zero-order valence-electron chi connectivity index (χ0n) is 31.6. The van der Waals surface area contributed by atoms with Crippen LogP contribution in [0.1, 0.15) is 187 Å². The van der Waals surface area contributed by atoms with Gasteiger partial charge in [0, 0.05) is 6.54 Å². The van der Waals surface area contributed by atoms with E-state index in [4.69, 9.17) is 9.47 Å². The second kappa shape index (κ2) is 35.9. The van der Waals surface area contributed by atoms with Crippen molar-refractivity contribution in [2.75, 3.05) is 27.2 Å². The topological polar surface area (TPSA) is 79.2 Å². The summed E-state index contributed by atoms with van der Waals surface area (Å²) >= 11 is 0. The molecule has 0 aromatic rings. The predicted octanol–water partition coefficient (Wildman–Crippen LogP) is 11.5. The Morgan fingerprint density at radius 1 is 0.574 bits per heavy atom. The molecule has 0 saturated heterocycles. The molecule has 6 heteroatoms. The van der Waals surface area contributed by atoms with Crippen molar-refractivity contribution in [1.82, 2.24) is 4.90 Å². The molecule has 2 unspecified atom stereocenters. The van der Waals surface area contributed by atoms with Crippen LogP contribution in [0.15, 0.2) is 24.3 Å². The summed E-state index contributed by atoms with van der Waals surface area (Å²) in [4.78, 5) is 14.4. The average Bonchev–Trinajstić information content (AvgIpc) is 3.04. The first-order chi connectivity index (χ1) is 22.9. The molecule has 47 heavy (non-hydrogen) atoms. The highest BCUT2D eigenvalue weighted by Gasteiger charge is 2.15. The molecule has 0 aromatic heterocycles. The smallest absolute Gasteiger partial charge is 0.434 e. The van der Waals surface area contributed by atoms with Gasteiger partial charge >= 0.3 is 6.16 Å². The largest absolute Gasteiger partial charge is 0.508 e. The Morgan fingerprint density at radius 2 is 1.00 bits per heavy atom. The Hall–Kier alpha value is -1.37. The molecule has 0 amide bonds. The number of aliphatic hydroxyl groups is 2. The summed E-state index contributed by atoms with van der Waals surface area (Å²) in [5, 5.41) is 20.2. The molecule has 0 aliphatic carbocycles. The Morgan fingerprint density at radius 3 is 1.47 bits per heavy atom. The van der Waals surface area contributed by atoms with Crippen LogP contribution < -0.4 is 0 Å². The lowest BCUT2D eigenvalue weighted by molar-refractivity contribution is 0.0150. The number of ether oxygens (including phenoxy) is 2. The number of rotatable bonds is 35. The van der Waals surface area contributed by atoms with Gasteiger partial charge in [0.1, 0.15) is 6.10 Å². The second-order valence-corrected chi connectivity index (χ2v) is 14.1. The van der Waals surface area contributed by atoms with Crippen molar-refractivity contribution in [1.29, 1.82) is 0 Å². The number of aliphatic hydroxyl groups excluding tert-OH is 2. The van der Waals surface area contributed by atoms with E-state index >= 15 is 0 Å². The number of carbonyl (C=O) groups excluding carboxylic acids is 1. The maximum atomic E-state index is 12.4. The maximum absolute atomic E-state index is 12.4. The molecule has 2 N–H and O–H groups in total. The summed E-state index contributed by atoms with van der Waals surface area (Å²) in [5.41, 5.74) is 0. The fourth-order valence-electron chi connectivity index (χ4n) is 5.89. The average molecular weight is 666 g/mol. The SMILES string of the molecule is CCCCCCC(O)CC=CCCCCCCCC(CCCCCCCC=CCC(O)CCCCCC)OC(=O)OCCCN(C)C. The van der Waals surface area contributed by atoms with Crippen LogP contribution >= 0.6 is 0 Å². The van der Waals surface area contributed by atoms with Crippen LogP contribution in [0.4, 0.5) is 4.79 Å². The van der Waals surface area contributed by atoms with Crippen LogP contribution in [0, 0.1) is 0 Å². The summed E-state index contributed by atoms with van der Waals surface area (Å²) in [5.74, 6) is 0. The Bertz CT molecular complexity index is 666. The fraction of sp³-hybridized carbons (Fsp3) is 0.878. The van der Waals surface area contributed by atoms with Crippen molar-refractivity contribution in [3.8, 4) is 0 Å². The van der Waals surface area contributed by atoms with E-state index in [-0.39, 0.29) is 18.3 Å². The first-order valence-electron chi connectivity index (χ1n) is 20.0. The zero-order valence-corrected chi connectivity index (χ0v) is 31.6. The van der Waals surface area contributed by atoms with E-state index in [9.17, 15) is 15.0 Å². The number of hydrogen-bond donors (Lipinski definition) is 2. The van der Waals surface area contributed by atoms with E-state index in [0.717, 1.165) is 90.0 Å². The van der Waals surface area contributed by atoms with Gasteiger partial charge in [-0.2, -0.15) is 0 Å². The third-order valence-electron chi connectivity index (χ3n) is 8.96. The first kappa shape index (κ1) is 45.6. The molecule has 0 aliphatic heterocycles. The van der Waals surface area contributed by atoms with Crippen LogP contribution in [0.3, 0.4) is 0 Å². The van der Waals surface area contributed by atoms with E-state index in [1.807, 2.05) is 14.1 Å². The predicted molar refractivity (Wildman–Crippen MR) is 201 cm³/mol. The molecule has 0 rings (SSSR count). The van der Waals surface area contributed by atoms with Gasteiger partial charge in [0.2, 0.25) is 0 Å². The summed E-state index contributed by atoms with van der Waals surface area (Å²) in [7, 11) is 4.04. The van der Waals surface area contributed by atoms with Crippen molar-refractivity contribution in [3.63, 3.8) is 0 Å². The lowest BCUT2D eigenvalue weighted by Crippen LogP contribution is -2.21. The summed E-state index contributed by atoms with van der Waals surface area (Å²) in [6.45, 7) is 5.73. The fourth-order valence-corrected chi connectivity index (χ4v) is 5.89. The molecule has 6 nitrogen and oxygen atoms in total. The number of unbranched alkanes of at least 4 members (excludes halogenated alkanes) is 16. The lowest BCUT2D eigenvalue weighted by atomic mass is 10.0. The van der Waals surface area contributed by atoms with Gasteiger partial charge in [-0.1, -0.05) is 128 Å². The molecule has 0 spiro atoms. The minimum absolute atomic E-state index is 0.0518. The highest BCUT2D eigenvalue weighted by atomic mass is 16.7. The lowest BCUT2D eigenvalue weighted by Gasteiger charge is -2.18. The monoisotopic (exact) mass is 666 g/mol. The summed E-state index contributed by atoms with van der Waals surface area (Å²) < 4.78 is 11.1. The van der Waals surface area contributed by atoms with E-state index in [2.05, 4.69) is 43.1 Å². The third-order valence-corrected chi connectivity index (χ3v) is 8.96. The highest BCUT2D eigenvalue weighted by molar-refractivity contribution is 5.60. The van der Waals surface area contributed by atoms with Gasteiger partial charge in [-0.05, 0) is 97.6 Å². The van der Waals surface area contributed by atoms with Gasteiger partial charge in [0.25, 0.3) is 0 Å². The Labute approximate surface area is 292 Å². The maximum Gasteiger partial charge on any atom is 0.508 e. The van der Waals surface area contributed by atoms with E-state index in [1.54, 1.807) is 0 Å². The van der Waals surface area contributed by atoms with Crippen molar-refractivity contribution in [2.45, 2.75) is 206 Å². The molecular weight excluding hydrogens is 586 g/mol. The molecular formula is C41H79NO5. The van der Waals surface area contributed by atoms with Crippen LogP contribution in [-0.2, 0) is 9.47 Å². The summed E-state index contributed by atoms with van der Waals surface area (Å²) in [6, 6.07) is 0. The van der Waals surface area contributed by atoms with Crippen LogP contribution in [0.25, 0.3) is 0 Å². The van der Waals surface area contributed by atoms with Gasteiger partial charge < -0.3 is 24.6 Å². The van der Waals surface area contributed by atoms with Gasteiger partial charge in [-0.25, -0.2) is 4.79 Å². The molecule has 0 saturated carbocycles. The molecule has 0 heterocycles. The van der Waals surface area contributed by atoms with Crippen molar-refractivity contribution in [2.24, 2.45) is 0 Å². The molecule has 0 bridgehead atoms. The number of carbonyl (C=O) groups is 1. The van der Waals surface area contributed by atoms with Crippen molar-refractivity contribution >= 4 is 6.16 Å². The molecule has 278 valence electrons. The number of allylic oxidation sites excluding steroid dienone is 2. The second-order valence-electron chi connectivity index (χ2n) is 14.1. The Kier molecular flexibility index (Phi) is 34.9. The van der Waals surface area contributed by atoms with Crippen LogP contribution in [0.2, 0.25) is 0 Å². The van der Waals surface area contributed by atoms with E-state index < -0.39 is 6.16 Å². The highest BCUT2D eigenvalue weighted by Crippen LogP contribution is 2.18. The van der Waals surface area contributed by atoms with Crippen LogP contribution in [-0.4, -0.2) is 66.8 Å². The van der Waals surface area contributed by atoms with Gasteiger partial charge in [-0.15, -0.1) is 0 Å². The van der Waals surface area contributed by atoms with Crippen molar-refractivity contribution in [3.05, 3.63) is 24.3 Å². The van der Waals surface area contributed by atoms with Gasteiger partial charge in [0.15, 0.2) is 0 Å². The van der Waals surface area contributed by atoms with Crippen LogP contribution in [0.5, 0.6) is 0 Å². The normalized spacial score (nSPS) is 13.9. The molecule has 2 atom stereocenters. The standard InChI is InChI=1S/C41H79NO5/c1-5-7-9-23-30-38(43)32-25-19-15-11-13-17-21-27-34-40(47-41(45)46-37-29-36-42(3)4)35-28-22-18-14-12-16-20-26-33-39(44)31-24-10-8-6-2/h19-20,25-26,38-40,43-44H,5-18,21-24,27-37H2,1-4H3. The summed E-state index contributed by atoms with van der Waals surface area (Å²) in [6.07, 6.45) is 37.6. The van der Waals surface area contributed by atoms with Crippen molar-refractivity contribution < 1.29 is 24.5 Å².